The zero-order valence-electron chi connectivity index (χ0n) is 11.6. The van der Waals surface area contributed by atoms with Crippen LogP contribution >= 0.6 is 11.6 Å². The van der Waals surface area contributed by atoms with Crippen LogP contribution < -0.4 is 11.1 Å². The Hall–Kier alpha value is -1.33. The second-order valence-electron chi connectivity index (χ2n) is 4.62. The van der Waals surface area contributed by atoms with E-state index in [4.69, 9.17) is 17.3 Å². The molecular formula is C13H21ClN4O. The molecule has 0 saturated heterocycles. The van der Waals surface area contributed by atoms with Gasteiger partial charge in [0.15, 0.2) is 0 Å². The maximum atomic E-state index is 11.1. The van der Waals surface area contributed by atoms with Gasteiger partial charge in [0, 0.05) is 19.1 Å². The van der Waals surface area contributed by atoms with Gasteiger partial charge in [0.1, 0.15) is 5.82 Å². The highest BCUT2D eigenvalue weighted by molar-refractivity contribution is 6.31. The van der Waals surface area contributed by atoms with E-state index in [1.54, 1.807) is 0 Å². The molecule has 1 aromatic heterocycles. The normalized spacial score (nSPS) is 11.1. The van der Waals surface area contributed by atoms with Gasteiger partial charge < -0.3 is 11.1 Å². The van der Waals surface area contributed by atoms with Gasteiger partial charge in [0.25, 0.3) is 0 Å². The molecule has 1 heterocycles. The number of aromatic nitrogens is 1. The number of rotatable bonds is 7. The van der Waals surface area contributed by atoms with Gasteiger partial charge in [-0.15, -0.1) is 0 Å². The molecule has 1 rings (SSSR count). The van der Waals surface area contributed by atoms with Crippen molar-refractivity contribution in [2.45, 2.75) is 33.4 Å². The molecule has 0 fully saturated rings. The van der Waals surface area contributed by atoms with Gasteiger partial charge in [-0.2, -0.15) is 0 Å². The number of carbonyl (C=O) groups is 1. The molecule has 1 amide bonds. The molecule has 5 nitrogen and oxygen atoms in total. The van der Waals surface area contributed by atoms with E-state index in [2.05, 4.69) is 10.3 Å². The van der Waals surface area contributed by atoms with Crippen molar-refractivity contribution in [3.63, 3.8) is 0 Å². The third-order valence-electron chi connectivity index (χ3n) is 2.72. The van der Waals surface area contributed by atoms with Crippen LogP contribution in [0, 0.1) is 0 Å². The van der Waals surface area contributed by atoms with E-state index in [-0.39, 0.29) is 18.5 Å². The number of amides is 1. The maximum Gasteiger partial charge on any atom is 0.231 e. The first-order valence-electron chi connectivity index (χ1n) is 6.35. The number of primary amides is 1. The number of nitrogens with two attached hydrogens (primary N) is 1. The van der Waals surface area contributed by atoms with Crippen molar-refractivity contribution in [3.05, 3.63) is 22.8 Å². The Morgan fingerprint density at radius 2 is 2.21 bits per heavy atom. The number of carbonyl (C=O) groups excluding carboxylic acids is 1. The largest absolute Gasteiger partial charge is 0.370 e. The lowest BCUT2D eigenvalue weighted by Crippen LogP contribution is -2.38. The highest BCUT2D eigenvalue weighted by Crippen LogP contribution is 2.19. The van der Waals surface area contributed by atoms with Crippen molar-refractivity contribution in [1.29, 1.82) is 0 Å². The van der Waals surface area contributed by atoms with Crippen molar-refractivity contribution in [2.75, 3.05) is 18.4 Å². The lowest BCUT2D eigenvalue weighted by molar-refractivity contribution is -0.119. The molecule has 0 bridgehead atoms. The summed E-state index contributed by atoms with van der Waals surface area (Å²) in [5.41, 5.74) is 6.00. The first-order chi connectivity index (χ1) is 8.93. The summed E-state index contributed by atoms with van der Waals surface area (Å²) >= 11 is 6.15. The number of nitrogens with one attached hydrogen (secondary N) is 1. The highest BCUT2D eigenvalue weighted by Gasteiger charge is 2.15. The molecule has 0 unspecified atom stereocenters. The molecule has 0 aliphatic carbocycles. The minimum atomic E-state index is -0.354. The third-order valence-corrected chi connectivity index (χ3v) is 3.06. The number of hydrogen-bond donors (Lipinski definition) is 2. The highest BCUT2D eigenvalue weighted by atomic mass is 35.5. The van der Waals surface area contributed by atoms with Crippen LogP contribution in [0.2, 0.25) is 5.02 Å². The molecule has 0 spiro atoms. The molecule has 19 heavy (non-hydrogen) atoms. The average Bonchev–Trinajstić information content (AvgIpc) is 2.32. The van der Waals surface area contributed by atoms with E-state index in [9.17, 15) is 4.79 Å². The first-order valence-corrected chi connectivity index (χ1v) is 6.73. The Labute approximate surface area is 119 Å². The van der Waals surface area contributed by atoms with E-state index < -0.39 is 0 Å². The van der Waals surface area contributed by atoms with Crippen LogP contribution in [0.25, 0.3) is 0 Å². The number of hydrogen-bond acceptors (Lipinski definition) is 4. The SMILES string of the molecule is CCNc1ccc(Cl)c(CN(CC(N)=O)C(C)C)n1. The Bertz CT molecular complexity index is 437. The lowest BCUT2D eigenvalue weighted by Gasteiger charge is -2.25. The van der Waals surface area contributed by atoms with Crippen LogP contribution in [0.3, 0.4) is 0 Å². The summed E-state index contributed by atoms with van der Waals surface area (Å²) in [6.45, 7) is 7.50. The van der Waals surface area contributed by atoms with Crippen LogP contribution in [0.4, 0.5) is 5.82 Å². The lowest BCUT2D eigenvalue weighted by atomic mass is 10.2. The maximum absolute atomic E-state index is 11.1. The van der Waals surface area contributed by atoms with Gasteiger partial charge in [0.2, 0.25) is 5.91 Å². The van der Waals surface area contributed by atoms with E-state index in [1.807, 2.05) is 37.8 Å². The van der Waals surface area contributed by atoms with Crippen LogP contribution in [-0.2, 0) is 11.3 Å². The van der Waals surface area contributed by atoms with E-state index in [0.717, 1.165) is 18.1 Å². The van der Waals surface area contributed by atoms with Gasteiger partial charge in [-0.1, -0.05) is 11.6 Å². The summed E-state index contributed by atoms with van der Waals surface area (Å²) in [7, 11) is 0. The van der Waals surface area contributed by atoms with Crippen molar-refractivity contribution in [1.82, 2.24) is 9.88 Å². The Morgan fingerprint density at radius 1 is 1.53 bits per heavy atom. The zero-order chi connectivity index (χ0) is 14.4. The molecule has 0 aromatic carbocycles. The standard InChI is InChI=1S/C13H21ClN4O/c1-4-16-13-6-5-10(14)11(17-13)7-18(9(2)3)8-12(15)19/h5-6,9H,4,7-8H2,1-3H3,(H2,15,19)(H,16,17). The van der Waals surface area contributed by atoms with Gasteiger partial charge in [-0.3, -0.25) is 9.69 Å². The van der Waals surface area contributed by atoms with Crippen LogP contribution in [-0.4, -0.2) is 34.9 Å². The van der Waals surface area contributed by atoms with Crippen LogP contribution in [0.15, 0.2) is 12.1 Å². The molecule has 0 aliphatic heterocycles. The number of anilines is 1. The second kappa shape index (κ2) is 7.31. The molecule has 106 valence electrons. The van der Waals surface area contributed by atoms with E-state index in [0.29, 0.717) is 11.6 Å². The smallest absolute Gasteiger partial charge is 0.231 e. The minimum absolute atomic E-state index is 0.188. The monoisotopic (exact) mass is 284 g/mol. The summed E-state index contributed by atoms with van der Waals surface area (Å²) in [6.07, 6.45) is 0. The first kappa shape index (κ1) is 15.7. The predicted octanol–water partition coefficient (Wildman–Crippen LogP) is 1.86. The Morgan fingerprint density at radius 3 is 2.74 bits per heavy atom. The molecule has 0 saturated carbocycles. The second-order valence-corrected chi connectivity index (χ2v) is 5.03. The Kier molecular flexibility index (Phi) is 6.05. The molecule has 0 atom stereocenters. The van der Waals surface area contributed by atoms with Crippen molar-refractivity contribution in [2.24, 2.45) is 5.73 Å². The predicted molar refractivity (Wildman–Crippen MR) is 78.2 cm³/mol. The topological polar surface area (TPSA) is 71.2 Å². The zero-order valence-corrected chi connectivity index (χ0v) is 12.4. The molecule has 0 radical (unpaired) electrons. The number of pyridine rings is 1. The summed E-state index contributed by atoms with van der Waals surface area (Å²) < 4.78 is 0. The van der Waals surface area contributed by atoms with Crippen molar-refractivity contribution >= 4 is 23.3 Å². The van der Waals surface area contributed by atoms with Gasteiger partial charge in [0.05, 0.1) is 17.3 Å². The molecule has 0 aliphatic rings. The quantitative estimate of drug-likeness (QED) is 0.802. The molecule has 1 aromatic rings. The van der Waals surface area contributed by atoms with Crippen LogP contribution in [0.1, 0.15) is 26.5 Å². The van der Waals surface area contributed by atoms with Crippen LogP contribution in [0.5, 0.6) is 0 Å². The van der Waals surface area contributed by atoms with Gasteiger partial charge in [-0.25, -0.2) is 4.98 Å². The minimum Gasteiger partial charge on any atom is -0.370 e. The summed E-state index contributed by atoms with van der Waals surface area (Å²) in [6, 6.07) is 3.83. The van der Waals surface area contributed by atoms with E-state index >= 15 is 0 Å². The fourth-order valence-corrected chi connectivity index (χ4v) is 1.85. The number of nitrogens with zero attached hydrogens (tertiary/aromatic N) is 2. The fourth-order valence-electron chi connectivity index (χ4n) is 1.69. The third kappa shape index (κ3) is 5.04. The van der Waals surface area contributed by atoms with E-state index in [1.165, 1.54) is 0 Å². The summed E-state index contributed by atoms with van der Waals surface area (Å²) in [5, 5.41) is 3.73. The fraction of sp³-hybridized carbons (Fsp3) is 0.538. The average molecular weight is 285 g/mol. The number of halogens is 1. The summed E-state index contributed by atoms with van der Waals surface area (Å²) in [4.78, 5) is 17.5. The summed E-state index contributed by atoms with van der Waals surface area (Å²) in [5.74, 6) is 0.428. The van der Waals surface area contributed by atoms with Gasteiger partial charge >= 0.3 is 0 Å². The Balaban J connectivity index is 2.88. The van der Waals surface area contributed by atoms with Crippen molar-refractivity contribution < 1.29 is 4.79 Å². The van der Waals surface area contributed by atoms with Crippen molar-refractivity contribution in [3.8, 4) is 0 Å². The van der Waals surface area contributed by atoms with Gasteiger partial charge in [-0.05, 0) is 32.9 Å². The molecule has 3 N–H and O–H groups in total. The molecule has 6 heteroatoms. The molecular weight excluding hydrogens is 264 g/mol.